The van der Waals surface area contributed by atoms with E-state index >= 15 is 0 Å². The zero-order valence-electron chi connectivity index (χ0n) is 11.2. The minimum absolute atomic E-state index is 0.0458. The molecule has 0 saturated carbocycles. The van der Waals surface area contributed by atoms with Gasteiger partial charge in [0.15, 0.2) is 0 Å². The van der Waals surface area contributed by atoms with Gasteiger partial charge in [0.2, 0.25) is 0 Å². The summed E-state index contributed by atoms with van der Waals surface area (Å²) in [5.74, 6) is -0.610. The second-order valence-electron chi connectivity index (χ2n) is 4.43. The Morgan fingerprint density at radius 3 is 2.84 bits per heavy atom. The molecule has 1 aromatic rings. The molecule has 0 fully saturated rings. The van der Waals surface area contributed by atoms with Gasteiger partial charge in [-0.1, -0.05) is 6.07 Å². The highest BCUT2D eigenvalue weighted by Crippen LogP contribution is 2.21. The van der Waals surface area contributed by atoms with Crippen LogP contribution >= 0.6 is 11.8 Å². The zero-order valence-corrected chi connectivity index (χ0v) is 12.0. The third-order valence-corrected chi connectivity index (χ3v) is 3.42. The Morgan fingerprint density at radius 2 is 2.26 bits per heavy atom. The molecule has 1 unspecified atom stereocenters. The van der Waals surface area contributed by atoms with Gasteiger partial charge in [0.1, 0.15) is 17.1 Å². The van der Waals surface area contributed by atoms with E-state index in [0.717, 1.165) is 0 Å². The molecule has 0 heterocycles. The average Bonchev–Trinajstić information content (AvgIpc) is 2.35. The minimum atomic E-state index is -1.03. The Hall–Kier alpha value is -1.27. The number of halogens is 1. The highest BCUT2D eigenvalue weighted by atomic mass is 32.2. The number of benzene rings is 1. The Morgan fingerprint density at radius 1 is 1.58 bits per heavy atom. The van der Waals surface area contributed by atoms with Crippen molar-refractivity contribution in [1.29, 1.82) is 0 Å². The minimum Gasteiger partial charge on any atom is -0.496 e. The van der Waals surface area contributed by atoms with Gasteiger partial charge in [-0.2, -0.15) is 11.8 Å². The van der Waals surface area contributed by atoms with E-state index in [4.69, 9.17) is 4.74 Å². The van der Waals surface area contributed by atoms with Crippen LogP contribution in [-0.2, 0) is 0 Å². The van der Waals surface area contributed by atoms with Crippen molar-refractivity contribution in [2.45, 2.75) is 12.5 Å². The Labute approximate surface area is 116 Å². The molecule has 1 rings (SSSR count). The summed E-state index contributed by atoms with van der Waals surface area (Å²) in [5.41, 5.74) is -1.18. The van der Waals surface area contributed by atoms with Gasteiger partial charge in [0.05, 0.1) is 12.7 Å². The summed E-state index contributed by atoms with van der Waals surface area (Å²) < 4.78 is 18.6. The van der Waals surface area contributed by atoms with E-state index in [-0.39, 0.29) is 17.9 Å². The van der Waals surface area contributed by atoms with Gasteiger partial charge < -0.3 is 15.2 Å². The first-order valence-corrected chi connectivity index (χ1v) is 7.12. The number of thioether (sulfide) groups is 1. The molecule has 0 radical (unpaired) electrons. The van der Waals surface area contributed by atoms with Crippen LogP contribution in [0.3, 0.4) is 0 Å². The average molecular weight is 287 g/mol. The van der Waals surface area contributed by atoms with E-state index in [0.29, 0.717) is 5.75 Å². The molecule has 6 heteroatoms. The number of rotatable bonds is 6. The summed E-state index contributed by atoms with van der Waals surface area (Å²) in [6.07, 6.45) is 1.86. The number of hydrogen-bond donors (Lipinski definition) is 2. The largest absolute Gasteiger partial charge is 0.496 e. The van der Waals surface area contributed by atoms with Crippen LogP contribution in [-0.4, -0.2) is 42.3 Å². The van der Waals surface area contributed by atoms with E-state index in [9.17, 15) is 14.3 Å². The summed E-state index contributed by atoms with van der Waals surface area (Å²) in [4.78, 5) is 11.9. The van der Waals surface area contributed by atoms with E-state index < -0.39 is 17.3 Å². The van der Waals surface area contributed by atoms with E-state index in [2.05, 4.69) is 5.32 Å². The van der Waals surface area contributed by atoms with Gasteiger partial charge in [-0.3, -0.25) is 4.79 Å². The fraction of sp³-hybridized carbons (Fsp3) is 0.462. The highest BCUT2D eigenvalue weighted by Gasteiger charge is 2.23. The third kappa shape index (κ3) is 4.40. The van der Waals surface area contributed by atoms with Crippen LogP contribution in [0.15, 0.2) is 18.2 Å². The van der Waals surface area contributed by atoms with Crippen molar-refractivity contribution in [3.05, 3.63) is 29.6 Å². The standard InChI is InChI=1S/C13H18FNO3S/c1-13(17,8-19-3)7-15-12(16)11-9(14)5-4-6-10(11)18-2/h4-6,17H,7-8H2,1-3H3,(H,15,16). The van der Waals surface area contributed by atoms with Crippen molar-refractivity contribution in [3.8, 4) is 5.75 Å². The second-order valence-corrected chi connectivity index (χ2v) is 5.30. The summed E-state index contributed by atoms with van der Waals surface area (Å²) in [7, 11) is 1.37. The van der Waals surface area contributed by atoms with E-state index in [1.165, 1.54) is 37.1 Å². The summed E-state index contributed by atoms with van der Waals surface area (Å²) >= 11 is 1.47. The van der Waals surface area contributed by atoms with Crippen molar-refractivity contribution in [1.82, 2.24) is 5.32 Å². The Bertz CT molecular complexity index is 452. The molecule has 4 nitrogen and oxygen atoms in total. The molecule has 2 N–H and O–H groups in total. The first-order valence-electron chi connectivity index (χ1n) is 5.73. The molecule has 1 amide bonds. The summed E-state index contributed by atoms with van der Waals surface area (Å²) in [6.45, 7) is 1.66. The van der Waals surface area contributed by atoms with Crippen LogP contribution in [0, 0.1) is 5.82 Å². The number of hydrogen-bond acceptors (Lipinski definition) is 4. The monoisotopic (exact) mass is 287 g/mol. The Balaban J connectivity index is 2.79. The number of ether oxygens (including phenoxy) is 1. The first-order chi connectivity index (χ1) is 8.91. The van der Waals surface area contributed by atoms with E-state index in [1.54, 1.807) is 6.92 Å². The van der Waals surface area contributed by atoms with Crippen molar-refractivity contribution in [2.75, 3.05) is 25.7 Å². The maximum absolute atomic E-state index is 13.6. The lowest BCUT2D eigenvalue weighted by molar-refractivity contribution is 0.0721. The van der Waals surface area contributed by atoms with E-state index in [1.807, 2.05) is 6.26 Å². The van der Waals surface area contributed by atoms with Crippen molar-refractivity contribution in [3.63, 3.8) is 0 Å². The maximum atomic E-state index is 13.6. The fourth-order valence-corrected chi connectivity index (χ4v) is 2.34. The molecule has 0 aliphatic carbocycles. The topological polar surface area (TPSA) is 58.6 Å². The molecule has 1 atom stereocenters. The van der Waals surface area contributed by atoms with Crippen molar-refractivity contribution >= 4 is 17.7 Å². The lowest BCUT2D eigenvalue weighted by Gasteiger charge is -2.22. The molecule has 106 valence electrons. The van der Waals surface area contributed by atoms with Gasteiger partial charge in [0, 0.05) is 12.3 Å². The van der Waals surface area contributed by atoms with Crippen LogP contribution in [0.1, 0.15) is 17.3 Å². The summed E-state index contributed by atoms with van der Waals surface area (Å²) in [5, 5.41) is 12.5. The van der Waals surface area contributed by atoms with Crippen molar-refractivity contribution in [2.24, 2.45) is 0 Å². The zero-order chi connectivity index (χ0) is 14.5. The smallest absolute Gasteiger partial charge is 0.258 e. The molecule has 0 aliphatic heterocycles. The highest BCUT2D eigenvalue weighted by molar-refractivity contribution is 7.98. The van der Waals surface area contributed by atoms with Crippen LogP contribution in [0.2, 0.25) is 0 Å². The molecule has 0 saturated heterocycles. The summed E-state index contributed by atoms with van der Waals surface area (Å²) in [6, 6.07) is 4.17. The molecule has 19 heavy (non-hydrogen) atoms. The normalized spacial score (nSPS) is 13.7. The molecule has 0 bridgehead atoms. The van der Waals surface area contributed by atoms with Gasteiger partial charge in [-0.15, -0.1) is 0 Å². The lowest BCUT2D eigenvalue weighted by Crippen LogP contribution is -2.42. The number of nitrogens with one attached hydrogen (secondary N) is 1. The van der Waals surface area contributed by atoms with Gasteiger partial charge >= 0.3 is 0 Å². The SMILES string of the molecule is COc1cccc(F)c1C(=O)NCC(C)(O)CSC. The lowest BCUT2D eigenvalue weighted by atomic mass is 10.1. The third-order valence-electron chi connectivity index (χ3n) is 2.51. The van der Waals surface area contributed by atoms with Gasteiger partial charge in [0.25, 0.3) is 5.91 Å². The Kier molecular flexibility index (Phi) is 5.62. The fourth-order valence-electron chi connectivity index (χ4n) is 1.62. The van der Waals surface area contributed by atoms with Crippen LogP contribution in [0.4, 0.5) is 4.39 Å². The number of carbonyl (C=O) groups is 1. The van der Waals surface area contributed by atoms with Gasteiger partial charge in [-0.25, -0.2) is 4.39 Å². The molecule has 0 spiro atoms. The number of amides is 1. The number of methoxy groups -OCH3 is 1. The van der Waals surface area contributed by atoms with Crippen LogP contribution < -0.4 is 10.1 Å². The number of aliphatic hydroxyl groups is 1. The predicted molar refractivity (Wildman–Crippen MR) is 74.3 cm³/mol. The molecule has 0 aliphatic rings. The van der Waals surface area contributed by atoms with Crippen molar-refractivity contribution < 1.29 is 19.0 Å². The molecule has 1 aromatic carbocycles. The second kappa shape index (κ2) is 6.77. The molecular weight excluding hydrogens is 269 g/mol. The molecule has 0 aromatic heterocycles. The van der Waals surface area contributed by atoms with Gasteiger partial charge in [-0.05, 0) is 25.3 Å². The first kappa shape index (κ1) is 15.8. The van der Waals surface area contributed by atoms with Crippen LogP contribution in [0.5, 0.6) is 5.75 Å². The van der Waals surface area contributed by atoms with Crippen LogP contribution in [0.25, 0.3) is 0 Å². The predicted octanol–water partition coefficient (Wildman–Crippen LogP) is 1.68. The maximum Gasteiger partial charge on any atom is 0.258 e. The quantitative estimate of drug-likeness (QED) is 0.836. The number of carbonyl (C=O) groups excluding carboxylic acids is 1. The molecular formula is C13H18FNO3S.